The Labute approximate surface area is 306 Å². The standard InChI is InChI=1S/C41H64N2O8/c1-27(2)31(22-29-18-19-35(48-11)37(23-29)49-21-15-20-47-10)24-34-36(50-41(8,9)43(34)39(46)51-40(5,6)7)25-32(28(3)4)38(45)42-33(26-44)30-16-13-12-14-17-30/h12-14,16-19,23,27-28,31-34,36,44H,15,20-22,24-26H2,1-11H3,(H,42,45)/t31-,32-,33+,34-,36-/m0/s1. The lowest BCUT2D eigenvalue weighted by atomic mass is 9.80. The van der Waals surface area contributed by atoms with Gasteiger partial charge in [0.15, 0.2) is 11.5 Å². The minimum atomic E-state index is -0.974. The van der Waals surface area contributed by atoms with Crippen LogP contribution in [0.4, 0.5) is 4.79 Å². The predicted octanol–water partition coefficient (Wildman–Crippen LogP) is 7.57. The average molecular weight is 713 g/mol. The molecule has 0 radical (unpaired) electrons. The summed E-state index contributed by atoms with van der Waals surface area (Å²) in [7, 11) is 3.31. The normalized spacial score (nSPS) is 19.1. The highest BCUT2D eigenvalue weighted by Crippen LogP contribution is 2.42. The number of carbonyl (C=O) groups is 2. The zero-order valence-electron chi connectivity index (χ0n) is 32.9. The summed E-state index contributed by atoms with van der Waals surface area (Å²) in [4.78, 5) is 29.7. The number of hydrogen-bond acceptors (Lipinski definition) is 8. The van der Waals surface area contributed by atoms with Crippen molar-refractivity contribution in [2.45, 2.75) is 118 Å². The molecule has 2 aromatic rings. The van der Waals surface area contributed by atoms with Crippen LogP contribution < -0.4 is 14.8 Å². The van der Waals surface area contributed by atoms with Gasteiger partial charge in [-0.15, -0.1) is 0 Å². The molecule has 0 spiro atoms. The molecule has 2 N–H and O–H groups in total. The molecular weight excluding hydrogens is 648 g/mol. The maximum absolute atomic E-state index is 14.0. The van der Waals surface area contributed by atoms with E-state index in [1.165, 1.54) is 0 Å². The van der Waals surface area contributed by atoms with E-state index in [9.17, 15) is 14.7 Å². The molecule has 0 aromatic heterocycles. The van der Waals surface area contributed by atoms with Crippen LogP contribution in [0.15, 0.2) is 48.5 Å². The zero-order chi connectivity index (χ0) is 37.9. The van der Waals surface area contributed by atoms with Crippen molar-refractivity contribution < 1.29 is 38.4 Å². The van der Waals surface area contributed by atoms with Crippen LogP contribution in [-0.2, 0) is 25.4 Å². The Morgan fingerprint density at radius 3 is 2.22 bits per heavy atom. The predicted molar refractivity (Wildman–Crippen MR) is 200 cm³/mol. The van der Waals surface area contributed by atoms with Crippen molar-refractivity contribution >= 4 is 12.0 Å². The maximum atomic E-state index is 14.0. The smallest absolute Gasteiger partial charge is 0.412 e. The first-order valence-corrected chi connectivity index (χ1v) is 18.5. The molecule has 10 nitrogen and oxygen atoms in total. The van der Waals surface area contributed by atoms with Crippen molar-refractivity contribution in [3.63, 3.8) is 0 Å². The van der Waals surface area contributed by atoms with Crippen molar-refractivity contribution in [3.8, 4) is 11.5 Å². The third-order valence-corrected chi connectivity index (χ3v) is 9.66. The van der Waals surface area contributed by atoms with Gasteiger partial charge in [0.25, 0.3) is 0 Å². The Morgan fingerprint density at radius 2 is 1.65 bits per heavy atom. The van der Waals surface area contributed by atoms with E-state index in [0.29, 0.717) is 37.6 Å². The van der Waals surface area contributed by atoms with E-state index < -0.39 is 35.5 Å². The second-order valence-corrected chi connectivity index (χ2v) is 15.9. The van der Waals surface area contributed by atoms with Crippen molar-refractivity contribution in [1.29, 1.82) is 0 Å². The van der Waals surface area contributed by atoms with E-state index >= 15 is 0 Å². The van der Waals surface area contributed by atoms with Crippen molar-refractivity contribution in [2.75, 3.05) is 34.0 Å². The number of amides is 2. The third-order valence-electron chi connectivity index (χ3n) is 9.66. The quantitative estimate of drug-likeness (QED) is 0.152. The van der Waals surface area contributed by atoms with Crippen molar-refractivity contribution in [2.24, 2.45) is 23.7 Å². The first kappa shape index (κ1) is 42.1. The molecule has 1 heterocycles. The highest BCUT2D eigenvalue weighted by Gasteiger charge is 2.52. The maximum Gasteiger partial charge on any atom is 0.412 e. The monoisotopic (exact) mass is 712 g/mol. The topological polar surface area (TPSA) is 116 Å². The Kier molecular flexibility index (Phi) is 15.6. The van der Waals surface area contributed by atoms with Gasteiger partial charge in [-0.3, -0.25) is 9.69 Å². The summed E-state index contributed by atoms with van der Waals surface area (Å²) in [5, 5.41) is 13.3. The average Bonchev–Trinajstić information content (AvgIpc) is 3.31. The lowest BCUT2D eigenvalue weighted by Crippen LogP contribution is -2.51. The minimum Gasteiger partial charge on any atom is -0.493 e. The van der Waals surface area contributed by atoms with Crippen LogP contribution in [0.2, 0.25) is 0 Å². The van der Waals surface area contributed by atoms with Crippen molar-refractivity contribution in [1.82, 2.24) is 10.2 Å². The van der Waals surface area contributed by atoms with Crippen LogP contribution in [-0.4, -0.2) is 79.5 Å². The van der Waals surface area contributed by atoms with E-state index in [0.717, 1.165) is 24.0 Å². The Balaban J connectivity index is 1.95. The van der Waals surface area contributed by atoms with Gasteiger partial charge in [-0.25, -0.2) is 4.79 Å². The molecule has 1 aliphatic heterocycles. The van der Waals surface area contributed by atoms with Gasteiger partial charge in [-0.1, -0.05) is 64.1 Å². The van der Waals surface area contributed by atoms with Gasteiger partial charge in [-0.2, -0.15) is 0 Å². The number of methoxy groups -OCH3 is 2. The molecular formula is C41H64N2O8. The van der Waals surface area contributed by atoms with Gasteiger partial charge in [-0.05, 0) is 94.9 Å². The fourth-order valence-electron chi connectivity index (χ4n) is 6.88. The lowest BCUT2D eigenvalue weighted by Gasteiger charge is -2.37. The summed E-state index contributed by atoms with van der Waals surface area (Å²) in [5.41, 5.74) is 0.265. The molecule has 2 aromatic carbocycles. The first-order valence-electron chi connectivity index (χ1n) is 18.5. The highest BCUT2D eigenvalue weighted by molar-refractivity contribution is 5.79. The van der Waals surface area contributed by atoms with E-state index in [4.69, 9.17) is 23.7 Å². The van der Waals surface area contributed by atoms with Crippen LogP contribution in [0.1, 0.15) is 98.7 Å². The number of rotatable bonds is 18. The van der Waals surface area contributed by atoms with Crippen molar-refractivity contribution in [3.05, 3.63) is 59.7 Å². The first-order chi connectivity index (χ1) is 24.0. The molecule has 0 bridgehead atoms. The number of carbonyl (C=O) groups excluding carboxylic acids is 2. The van der Waals surface area contributed by atoms with Gasteiger partial charge >= 0.3 is 6.09 Å². The molecule has 286 valence electrons. The molecule has 0 aliphatic carbocycles. The number of hydrogen-bond donors (Lipinski definition) is 2. The van der Waals surface area contributed by atoms with E-state index in [2.05, 4.69) is 25.2 Å². The fraction of sp³-hybridized carbons (Fsp3) is 0.659. The second kappa shape index (κ2) is 18.9. The minimum absolute atomic E-state index is 0.0226. The second-order valence-electron chi connectivity index (χ2n) is 15.9. The number of benzene rings is 2. The summed E-state index contributed by atoms with van der Waals surface area (Å²) in [6.07, 6.45) is 1.67. The van der Waals surface area contributed by atoms with E-state index in [1.807, 2.05) is 90.9 Å². The Morgan fingerprint density at radius 1 is 0.961 bits per heavy atom. The number of aliphatic hydroxyl groups is 1. The summed E-state index contributed by atoms with van der Waals surface area (Å²) in [6.45, 7) is 18.7. The van der Waals surface area contributed by atoms with Crippen LogP contribution in [0.5, 0.6) is 11.5 Å². The van der Waals surface area contributed by atoms with E-state index in [1.54, 1.807) is 19.1 Å². The van der Waals surface area contributed by atoms with Crippen LogP contribution in [0.25, 0.3) is 0 Å². The van der Waals surface area contributed by atoms with Gasteiger partial charge in [0.2, 0.25) is 5.91 Å². The largest absolute Gasteiger partial charge is 0.493 e. The molecule has 0 saturated carbocycles. The number of aliphatic hydroxyl groups excluding tert-OH is 1. The molecule has 51 heavy (non-hydrogen) atoms. The number of nitrogens with one attached hydrogen (secondary N) is 1. The molecule has 1 saturated heterocycles. The molecule has 5 atom stereocenters. The zero-order valence-corrected chi connectivity index (χ0v) is 32.9. The lowest BCUT2D eigenvalue weighted by molar-refractivity contribution is -0.130. The Bertz CT molecular complexity index is 1370. The number of nitrogens with zero attached hydrogens (tertiary/aromatic N) is 1. The molecule has 1 aliphatic rings. The SMILES string of the molecule is COCCCOc1cc(C[C@@H](C[C@H]2[C@H](C[C@H](C(=O)N[C@H](CO)c3ccccc3)C(C)C)OC(C)(C)N2C(=O)OC(C)(C)C)C(C)C)ccc1OC. The summed E-state index contributed by atoms with van der Waals surface area (Å²) in [6, 6.07) is 14.6. The summed E-state index contributed by atoms with van der Waals surface area (Å²) in [5.74, 6) is 1.18. The van der Waals surface area contributed by atoms with Gasteiger partial charge in [0.05, 0.1) is 38.5 Å². The number of ether oxygens (including phenoxy) is 5. The van der Waals surface area contributed by atoms with Gasteiger partial charge in [0, 0.05) is 26.1 Å². The molecule has 0 unspecified atom stereocenters. The summed E-state index contributed by atoms with van der Waals surface area (Å²) >= 11 is 0. The molecule has 10 heteroatoms. The molecule has 2 amide bonds. The molecule has 3 rings (SSSR count). The molecule has 1 fully saturated rings. The third kappa shape index (κ3) is 12.1. The highest BCUT2D eigenvalue weighted by atomic mass is 16.6. The van der Waals surface area contributed by atoms with Gasteiger partial charge < -0.3 is 34.1 Å². The van der Waals surface area contributed by atoms with Gasteiger partial charge in [0.1, 0.15) is 11.3 Å². The van der Waals surface area contributed by atoms with Crippen LogP contribution >= 0.6 is 0 Å². The van der Waals surface area contributed by atoms with Crippen LogP contribution in [0, 0.1) is 23.7 Å². The fourth-order valence-corrected chi connectivity index (χ4v) is 6.88. The van der Waals surface area contributed by atoms with E-state index in [-0.39, 0.29) is 36.3 Å². The Hall–Kier alpha value is -3.34. The summed E-state index contributed by atoms with van der Waals surface area (Å²) < 4.78 is 29.6. The van der Waals surface area contributed by atoms with Crippen LogP contribution in [0.3, 0.4) is 0 Å².